The number of carbonyl (C=O) groups is 2. The average molecular weight is 315 g/mol. The Hall–Kier alpha value is -2.18. The Morgan fingerprint density at radius 3 is 2.36 bits per heavy atom. The van der Waals surface area contributed by atoms with E-state index in [9.17, 15) is 18.4 Å². The van der Waals surface area contributed by atoms with Crippen molar-refractivity contribution >= 4 is 17.7 Å². The highest BCUT2D eigenvalue weighted by Crippen LogP contribution is 2.24. The monoisotopic (exact) mass is 315 g/mol. The Morgan fingerprint density at radius 1 is 1.27 bits per heavy atom. The Morgan fingerprint density at radius 2 is 1.86 bits per heavy atom. The molecule has 0 atom stereocenters. The van der Waals surface area contributed by atoms with E-state index in [0.29, 0.717) is 11.3 Å². The minimum Gasteiger partial charge on any atom is -0.477 e. The third-order valence-corrected chi connectivity index (χ3v) is 2.68. The normalized spacial score (nSPS) is 11.9. The van der Waals surface area contributed by atoms with E-state index in [1.165, 1.54) is 18.2 Å². The van der Waals surface area contributed by atoms with E-state index in [2.05, 4.69) is 5.32 Å². The molecule has 1 aromatic carbocycles. The number of nitrogens with one attached hydrogen (secondary N) is 1. The average Bonchev–Trinajstić information content (AvgIpc) is 2.30. The minimum atomic E-state index is -3.86. The summed E-state index contributed by atoms with van der Waals surface area (Å²) in [7, 11) is 0. The molecule has 0 bridgehead atoms. The highest BCUT2D eigenvalue weighted by molar-refractivity contribution is 5.86. The predicted molar refractivity (Wildman–Crippen MR) is 77.3 cm³/mol. The topological polar surface area (TPSA) is 75.6 Å². The lowest BCUT2D eigenvalue weighted by molar-refractivity contribution is -0.164. The molecule has 0 saturated carbocycles. The maximum Gasteiger partial charge on any atom is 0.412 e. The molecule has 0 aliphatic rings. The van der Waals surface area contributed by atoms with E-state index in [0.717, 1.165) is 0 Å². The van der Waals surface area contributed by atoms with Crippen molar-refractivity contribution in [1.82, 2.24) is 0 Å². The molecule has 22 heavy (non-hydrogen) atoms. The molecule has 1 amide bonds. The summed E-state index contributed by atoms with van der Waals surface area (Å²) in [5.74, 6) is -6.05. The zero-order valence-electron chi connectivity index (χ0n) is 12.9. The molecule has 7 heteroatoms. The Bertz CT molecular complexity index is 579. The van der Waals surface area contributed by atoms with E-state index >= 15 is 0 Å². The lowest BCUT2D eigenvalue weighted by atomic mass is 10.0. The van der Waals surface area contributed by atoms with Crippen molar-refractivity contribution in [3.05, 3.63) is 29.3 Å². The largest absolute Gasteiger partial charge is 0.477 e. The fourth-order valence-electron chi connectivity index (χ4n) is 1.66. The second-order valence-electron chi connectivity index (χ2n) is 5.96. The fraction of sp³-hybridized carbons (Fsp3) is 0.467. The molecule has 0 fully saturated rings. The number of ether oxygens (including phenoxy) is 1. The molecule has 5 nitrogen and oxygen atoms in total. The number of halogens is 2. The molecule has 0 heterocycles. The second kappa shape index (κ2) is 6.29. The van der Waals surface area contributed by atoms with Gasteiger partial charge in [0, 0.05) is 12.1 Å². The van der Waals surface area contributed by atoms with Gasteiger partial charge >= 0.3 is 18.0 Å². The summed E-state index contributed by atoms with van der Waals surface area (Å²) >= 11 is 0. The maximum absolute atomic E-state index is 13.2. The van der Waals surface area contributed by atoms with E-state index in [-0.39, 0.29) is 5.56 Å². The first-order chi connectivity index (χ1) is 9.90. The lowest BCUT2D eigenvalue weighted by Crippen LogP contribution is -2.30. The first-order valence-electron chi connectivity index (χ1n) is 6.61. The van der Waals surface area contributed by atoms with Gasteiger partial charge in [-0.3, -0.25) is 5.32 Å². The predicted octanol–water partition coefficient (Wildman–Crippen LogP) is 3.60. The summed E-state index contributed by atoms with van der Waals surface area (Å²) in [5, 5.41) is 10.9. The number of aliphatic carboxylic acids is 1. The quantitative estimate of drug-likeness (QED) is 0.890. The highest BCUT2D eigenvalue weighted by atomic mass is 19.3. The molecular weight excluding hydrogens is 296 g/mol. The number of carboxylic acids is 1. The smallest absolute Gasteiger partial charge is 0.412 e. The summed E-state index contributed by atoms with van der Waals surface area (Å²) in [6.45, 7) is 6.78. The van der Waals surface area contributed by atoms with Gasteiger partial charge < -0.3 is 9.84 Å². The Kier molecular flexibility index (Phi) is 5.11. The van der Waals surface area contributed by atoms with Gasteiger partial charge in [-0.25, -0.2) is 9.59 Å². The van der Waals surface area contributed by atoms with Crippen molar-refractivity contribution in [2.45, 2.75) is 45.6 Å². The van der Waals surface area contributed by atoms with Gasteiger partial charge in [-0.2, -0.15) is 8.78 Å². The van der Waals surface area contributed by atoms with Crippen molar-refractivity contribution < 1.29 is 28.2 Å². The summed E-state index contributed by atoms with van der Waals surface area (Å²) in [4.78, 5) is 22.2. The van der Waals surface area contributed by atoms with Crippen LogP contribution in [-0.2, 0) is 16.0 Å². The number of carboxylic acid groups (broad SMARTS) is 1. The molecule has 0 saturated heterocycles. The standard InChI is InChI=1S/C15H19F2NO4/c1-9-5-6-10(8-15(16,17)12(19)20)7-11(9)18-13(21)22-14(2,3)4/h5-7H,8H2,1-4H3,(H,18,21)(H,19,20). The van der Waals surface area contributed by atoms with Crippen LogP contribution in [0.1, 0.15) is 31.9 Å². The number of benzene rings is 1. The number of amides is 1. The van der Waals surface area contributed by atoms with Crippen molar-refractivity contribution in [2.75, 3.05) is 5.32 Å². The summed E-state index contributed by atoms with van der Waals surface area (Å²) in [6.07, 6.45) is -1.66. The Balaban J connectivity index is 2.91. The molecule has 0 unspecified atom stereocenters. The first kappa shape index (κ1) is 17.9. The second-order valence-corrected chi connectivity index (χ2v) is 5.96. The minimum absolute atomic E-state index is 0.101. The molecule has 0 spiro atoms. The summed E-state index contributed by atoms with van der Waals surface area (Å²) < 4.78 is 31.6. The molecule has 2 N–H and O–H groups in total. The van der Waals surface area contributed by atoms with Crippen molar-refractivity contribution in [3.63, 3.8) is 0 Å². The van der Waals surface area contributed by atoms with Gasteiger partial charge in [-0.15, -0.1) is 0 Å². The van der Waals surface area contributed by atoms with Crippen LogP contribution in [0.3, 0.4) is 0 Å². The number of aryl methyl sites for hydroxylation is 1. The third-order valence-electron chi connectivity index (χ3n) is 2.68. The van der Waals surface area contributed by atoms with Gasteiger partial charge in [0.2, 0.25) is 0 Å². The number of carbonyl (C=O) groups excluding carboxylic acids is 1. The van der Waals surface area contributed by atoms with E-state index < -0.39 is 30.0 Å². The van der Waals surface area contributed by atoms with Crippen LogP contribution in [0.2, 0.25) is 0 Å². The molecule has 1 aromatic rings. The van der Waals surface area contributed by atoms with E-state index in [4.69, 9.17) is 9.84 Å². The number of alkyl halides is 2. The van der Waals surface area contributed by atoms with Crippen LogP contribution in [0.5, 0.6) is 0 Å². The van der Waals surface area contributed by atoms with Crippen LogP contribution in [0.4, 0.5) is 19.3 Å². The molecule has 122 valence electrons. The zero-order chi connectivity index (χ0) is 17.1. The fourth-order valence-corrected chi connectivity index (χ4v) is 1.66. The van der Waals surface area contributed by atoms with Gasteiger partial charge in [-0.1, -0.05) is 12.1 Å². The summed E-state index contributed by atoms with van der Waals surface area (Å²) in [5.41, 5.74) is 0.358. The molecule has 0 aliphatic heterocycles. The molecule has 0 radical (unpaired) electrons. The first-order valence-corrected chi connectivity index (χ1v) is 6.61. The maximum atomic E-state index is 13.2. The van der Waals surface area contributed by atoms with Crippen molar-refractivity contribution in [1.29, 1.82) is 0 Å². The van der Waals surface area contributed by atoms with E-state index in [1.54, 1.807) is 27.7 Å². The van der Waals surface area contributed by atoms with Gasteiger partial charge in [0.15, 0.2) is 0 Å². The van der Waals surface area contributed by atoms with Gasteiger partial charge in [-0.05, 0) is 44.9 Å². The molecular formula is C15H19F2NO4. The number of hydrogen-bond acceptors (Lipinski definition) is 3. The zero-order valence-corrected chi connectivity index (χ0v) is 12.9. The third kappa shape index (κ3) is 5.31. The van der Waals surface area contributed by atoms with Gasteiger partial charge in [0.25, 0.3) is 0 Å². The SMILES string of the molecule is Cc1ccc(CC(F)(F)C(=O)O)cc1NC(=O)OC(C)(C)C. The van der Waals surface area contributed by atoms with Gasteiger partial charge in [0.05, 0.1) is 0 Å². The lowest BCUT2D eigenvalue weighted by Gasteiger charge is -2.20. The highest BCUT2D eigenvalue weighted by Gasteiger charge is 2.38. The van der Waals surface area contributed by atoms with Crippen molar-refractivity contribution in [3.8, 4) is 0 Å². The van der Waals surface area contributed by atoms with Crippen LogP contribution < -0.4 is 5.32 Å². The van der Waals surface area contributed by atoms with Crippen LogP contribution in [0.15, 0.2) is 18.2 Å². The molecule has 0 aromatic heterocycles. The van der Waals surface area contributed by atoms with E-state index in [1.807, 2.05) is 0 Å². The van der Waals surface area contributed by atoms with Gasteiger partial charge in [0.1, 0.15) is 5.60 Å². The number of rotatable bonds is 4. The summed E-state index contributed by atoms with van der Waals surface area (Å²) in [6, 6.07) is 4.24. The Labute approximate surface area is 127 Å². The number of hydrogen-bond donors (Lipinski definition) is 2. The molecule has 1 rings (SSSR count). The van der Waals surface area contributed by atoms with Crippen LogP contribution in [-0.4, -0.2) is 28.7 Å². The van der Waals surface area contributed by atoms with Crippen LogP contribution in [0, 0.1) is 6.92 Å². The number of anilines is 1. The van der Waals surface area contributed by atoms with Crippen LogP contribution >= 0.6 is 0 Å². The molecule has 0 aliphatic carbocycles. The van der Waals surface area contributed by atoms with Crippen molar-refractivity contribution in [2.24, 2.45) is 0 Å². The van der Waals surface area contributed by atoms with Crippen LogP contribution in [0.25, 0.3) is 0 Å².